The minimum Gasteiger partial charge on any atom is -0.378 e. The summed E-state index contributed by atoms with van der Waals surface area (Å²) in [5, 5.41) is 2.83. The van der Waals surface area contributed by atoms with Crippen molar-refractivity contribution in [2.75, 3.05) is 36.5 Å². The molecule has 1 aliphatic rings. The lowest BCUT2D eigenvalue weighted by Gasteiger charge is -2.29. The van der Waals surface area contributed by atoms with E-state index in [1.54, 1.807) is 12.1 Å². The number of halogens is 1. The fraction of sp³-hybridized carbons (Fsp3) is 0.261. The Balaban J connectivity index is 1.55. The minimum atomic E-state index is -0.348. The Hall–Kier alpha value is -3.12. The maximum atomic E-state index is 14.6. The predicted molar refractivity (Wildman–Crippen MR) is 113 cm³/mol. The van der Waals surface area contributed by atoms with Crippen molar-refractivity contribution >= 4 is 17.3 Å². The van der Waals surface area contributed by atoms with E-state index >= 15 is 0 Å². The average molecular weight is 393 g/mol. The summed E-state index contributed by atoms with van der Waals surface area (Å²) < 4.78 is 22.0. The van der Waals surface area contributed by atoms with Crippen molar-refractivity contribution in [3.8, 4) is 5.69 Å². The van der Waals surface area contributed by atoms with E-state index in [0.717, 1.165) is 17.1 Å². The number of anilines is 2. The van der Waals surface area contributed by atoms with Crippen LogP contribution in [0.3, 0.4) is 0 Å². The Morgan fingerprint density at radius 2 is 1.76 bits per heavy atom. The highest BCUT2D eigenvalue weighted by Gasteiger charge is 2.19. The van der Waals surface area contributed by atoms with E-state index in [1.807, 2.05) is 59.7 Å². The van der Waals surface area contributed by atoms with E-state index < -0.39 is 0 Å². The van der Waals surface area contributed by atoms with Gasteiger partial charge in [-0.3, -0.25) is 4.79 Å². The van der Waals surface area contributed by atoms with E-state index in [-0.39, 0.29) is 11.7 Å². The van der Waals surface area contributed by atoms with Gasteiger partial charge in [0.1, 0.15) is 5.82 Å². The summed E-state index contributed by atoms with van der Waals surface area (Å²) >= 11 is 0. The normalized spacial score (nSPS) is 14.1. The van der Waals surface area contributed by atoms with Gasteiger partial charge in [0.05, 0.1) is 24.5 Å². The fourth-order valence-corrected chi connectivity index (χ4v) is 3.81. The van der Waals surface area contributed by atoms with Crippen molar-refractivity contribution in [2.45, 2.75) is 13.8 Å². The molecule has 0 bridgehead atoms. The summed E-state index contributed by atoms with van der Waals surface area (Å²) in [6.07, 6.45) is 0. The van der Waals surface area contributed by atoms with Gasteiger partial charge in [-0.15, -0.1) is 0 Å². The number of aromatic nitrogens is 1. The van der Waals surface area contributed by atoms with Crippen LogP contribution in [0.2, 0.25) is 0 Å². The first kappa shape index (κ1) is 19.2. The lowest BCUT2D eigenvalue weighted by Crippen LogP contribution is -2.36. The molecule has 29 heavy (non-hydrogen) atoms. The van der Waals surface area contributed by atoms with Gasteiger partial charge in [0.15, 0.2) is 0 Å². The van der Waals surface area contributed by atoms with Gasteiger partial charge in [-0.25, -0.2) is 4.39 Å². The summed E-state index contributed by atoms with van der Waals surface area (Å²) in [6.45, 7) is 6.39. The molecule has 0 saturated carbocycles. The second-order valence-electron chi connectivity index (χ2n) is 7.18. The van der Waals surface area contributed by atoms with E-state index in [9.17, 15) is 9.18 Å². The third-order valence-corrected chi connectivity index (χ3v) is 5.25. The summed E-state index contributed by atoms with van der Waals surface area (Å²) in [6, 6.07) is 16.6. The number of nitrogens with one attached hydrogen (secondary N) is 1. The lowest BCUT2D eigenvalue weighted by atomic mass is 10.2. The van der Waals surface area contributed by atoms with E-state index in [0.29, 0.717) is 43.2 Å². The van der Waals surface area contributed by atoms with E-state index in [2.05, 4.69) is 5.32 Å². The zero-order valence-corrected chi connectivity index (χ0v) is 16.6. The van der Waals surface area contributed by atoms with Crippen LogP contribution in [0, 0.1) is 19.7 Å². The fourth-order valence-electron chi connectivity index (χ4n) is 3.81. The van der Waals surface area contributed by atoms with Gasteiger partial charge in [0.25, 0.3) is 5.91 Å². The molecule has 1 aliphatic heterocycles. The number of hydrogen-bond donors (Lipinski definition) is 1. The Kier molecular flexibility index (Phi) is 5.36. The third kappa shape index (κ3) is 3.89. The van der Waals surface area contributed by atoms with Crippen molar-refractivity contribution in [3.05, 3.63) is 77.4 Å². The second-order valence-corrected chi connectivity index (χ2v) is 7.18. The number of aryl methyl sites for hydroxylation is 1. The van der Waals surface area contributed by atoms with Crippen LogP contribution >= 0.6 is 0 Å². The maximum Gasteiger partial charge on any atom is 0.257 e. The number of rotatable bonds is 4. The molecule has 0 spiro atoms. The van der Waals surface area contributed by atoms with E-state index in [1.165, 1.54) is 6.07 Å². The molecular formula is C23H24FN3O2. The van der Waals surface area contributed by atoms with Crippen LogP contribution in [0.15, 0.2) is 54.6 Å². The first-order valence-electron chi connectivity index (χ1n) is 9.72. The zero-order chi connectivity index (χ0) is 20.4. The molecule has 1 amide bonds. The Morgan fingerprint density at radius 3 is 2.45 bits per heavy atom. The first-order chi connectivity index (χ1) is 14.0. The Labute approximate surface area is 169 Å². The van der Waals surface area contributed by atoms with Gasteiger partial charge < -0.3 is 19.5 Å². The summed E-state index contributed by atoms with van der Waals surface area (Å²) in [7, 11) is 0. The van der Waals surface area contributed by atoms with Crippen LogP contribution in [-0.4, -0.2) is 36.8 Å². The predicted octanol–water partition coefficient (Wildman–Crippen LogP) is 4.32. The van der Waals surface area contributed by atoms with Crippen molar-refractivity contribution in [3.63, 3.8) is 0 Å². The molecule has 2 heterocycles. The average Bonchev–Trinajstić information content (AvgIpc) is 3.03. The highest BCUT2D eigenvalue weighted by molar-refractivity contribution is 6.05. The highest BCUT2D eigenvalue weighted by atomic mass is 19.1. The quantitative estimate of drug-likeness (QED) is 0.718. The highest BCUT2D eigenvalue weighted by Crippen LogP contribution is 2.25. The van der Waals surface area contributed by atoms with E-state index in [4.69, 9.17) is 4.74 Å². The molecule has 0 aliphatic carbocycles. The number of carbonyl (C=O) groups excluding carboxylic acids is 1. The standard InChI is InChI=1S/C23H24FN3O2/c1-16-14-20(17(2)27(16)19-6-4-3-5-7-19)23(28)25-18-8-9-22(21(24)15-18)26-10-12-29-13-11-26/h3-9,14-15H,10-13H2,1-2H3,(H,25,28). The van der Waals surface area contributed by atoms with Crippen LogP contribution in [0.25, 0.3) is 5.69 Å². The smallest absolute Gasteiger partial charge is 0.257 e. The SMILES string of the molecule is Cc1cc(C(=O)Nc2ccc(N3CCOCC3)c(F)c2)c(C)n1-c1ccccc1. The third-order valence-electron chi connectivity index (χ3n) is 5.25. The number of morpholine rings is 1. The number of para-hydroxylation sites is 1. The maximum absolute atomic E-state index is 14.6. The number of amides is 1. The molecular weight excluding hydrogens is 369 g/mol. The largest absolute Gasteiger partial charge is 0.378 e. The summed E-state index contributed by atoms with van der Waals surface area (Å²) in [5.41, 5.74) is 4.36. The van der Waals surface area contributed by atoms with Crippen molar-refractivity contribution in [2.24, 2.45) is 0 Å². The molecule has 2 aromatic carbocycles. The Bertz CT molecular complexity index is 1020. The van der Waals surface area contributed by atoms with Gasteiger partial charge in [-0.2, -0.15) is 0 Å². The van der Waals surface area contributed by atoms with Crippen molar-refractivity contribution in [1.82, 2.24) is 4.57 Å². The molecule has 6 heteroatoms. The molecule has 1 N–H and O–H groups in total. The van der Waals surface area contributed by atoms with Crippen molar-refractivity contribution < 1.29 is 13.9 Å². The molecule has 150 valence electrons. The number of nitrogens with zero attached hydrogens (tertiary/aromatic N) is 2. The number of benzene rings is 2. The van der Waals surface area contributed by atoms with Crippen molar-refractivity contribution in [1.29, 1.82) is 0 Å². The molecule has 4 rings (SSSR count). The molecule has 3 aromatic rings. The van der Waals surface area contributed by atoms with Crippen LogP contribution in [0.1, 0.15) is 21.7 Å². The van der Waals surface area contributed by atoms with Gasteiger partial charge in [-0.1, -0.05) is 18.2 Å². The van der Waals surface area contributed by atoms with Gasteiger partial charge in [0.2, 0.25) is 0 Å². The van der Waals surface area contributed by atoms with Crippen LogP contribution in [-0.2, 0) is 4.74 Å². The topological polar surface area (TPSA) is 46.5 Å². The molecule has 1 saturated heterocycles. The van der Waals surface area contributed by atoms with Crippen LogP contribution in [0.5, 0.6) is 0 Å². The number of ether oxygens (including phenoxy) is 1. The second kappa shape index (κ2) is 8.09. The number of hydrogen-bond acceptors (Lipinski definition) is 3. The first-order valence-corrected chi connectivity index (χ1v) is 9.72. The van der Waals surface area contributed by atoms with Gasteiger partial charge in [0, 0.05) is 35.9 Å². The van der Waals surface area contributed by atoms with Crippen LogP contribution < -0.4 is 10.2 Å². The van der Waals surface area contributed by atoms with Crippen LogP contribution in [0.4, 0.5) is 15.8 Å². The molecule has 0 radical (unpaired) electrons. The molecule has 0 unspecified atom stereocenters. The van der Waals surface area contributed by atoms with Gasteiger partial charge in [-0.05, 0) is 50.2 Å². The summed E-state index contributed by atoms with van der Waals surface area (Å²) in [4.78, 5) is 14.8. The summed E-state index contributed by atoms with van der Waals surface area (Å²) in [5.74, 6) is -0.599. The molecule has 1 fully saturated rings. The molecule has 5 nitrogen and oxygen atoms in total. The lowest BCUT2D eigenvalue weighted by molar-refractivity contribution is 0.102. The molecule has 1 aromatic heterocycles. The van der Waals surface area contributed by atoms with Gasteiger partial charge >= 0.3 is 0 Å². The Morgan fingerprint density at radius 1 is 1.03 bits per heavy atom. The minimum absolute atomic E-state index is 0.251. The monoisotopic (exact) mass is 393 g/mol. The zero-order valence-electron chi connectivity index (χ0n) is 16.6. The number of carbonyl (C=O) groups is 1. The molecule has 0 atom stereocenters.